The van der Waals surface area contributed by atoms with Gasteiger partial charge in [0.1, 0.15) is 16.4 Å². The summed E-state index contributed by atoms with van der Waals surface area (Å²) in [6.07, 6.45) is 1.95. The molecule has 0 amide bonds. The molecule has 1 N–H and O–H groups in total. The first kappa shape index (κ1) is 18.6. The van der Waals surface area contributed by atoms with Crippen LogP contribution in [0.4, 0.5) is 0 Å². The average Bonchev–Trinajstić information content (AvgIpc) is 3.26. The van der Waals surface area contributed by atoms with Crippen molar-refractivity contribution in [2.45, 2.75) is 18.6 Å². The van der Waals surface area contributed by atoms with Gasteiger partial charge in [-0.15, -0.1) is 10.2 Å². The number of halogens is 2. The van der Waals surface area contributed by atoms with Crippen molar-refractivity contribution in [2.75, 3.05) is 0 Å². The van der Waals surface area contributed by atoms with Gasteiger partial charge in [-0.25, -0.2) is 4.79 Å². The maximum absolute atomic E-state index is 11.5. The lowest BCUT2D eigenvalue weighted by atomic mass is 10.2. The van der Waals surface area contributed by atoms with E-state index in [4.69, 9.17) is 32.0 Å². The van der Waals surface area contributed by atoms with Gasteiger partial charge in [0.15, 0.2) is 0 Å². The van der Waals surface area contributed by atoms with Gasteiger partial charge in [-0.3, -0.25) is 0 Å². The van der Waals surface area contributed by atoms with E-state index in [1.807, 2.05) is 6.92 Å². The molecule has 0 aliphatic rings. The molecule has 0 atom stereocenters. The zero-order valence-electron chi connectivity index (χ0n) is 13.4. The van der Waals surface area contributed by atoms with Crippen molar-refractivity contribution < 1.29 is 18.7 Å². The summed E-state index contributed by atoms with van der Waals surface area (Å²) in [5.74, 6) is 0.124. The number of rotatable bonds is 6. The van der Waals surface area contributed by atoms with Crippen LogP contribution in [-0.2, 0) is 11.2 Å². The highest BCUT2D eigenvalue weighted by molar-refractivity contribution is 8.03. The molecule has 6 nitrogen and oxygen atoms in total. The second kappa shape index (κ2) is 7.99. The van der Waals surface area contributed by atoms with E-state index in [1.165, 1.54) is 6.08 Å². The number of hydrogen-bond acceptors (Lipinski definition) is 6. The Morgan fingerprint density at radius 2 is 2.04 bits per heavy atom. The minimum atomic E-state index is -1.13. The maximum atomic E-state index is 11.5. The first-order chi connectivity index (χ1) is 12.5. The standard InChI is InChI=1S/C17H12Cl2N2O4S/c1-2-14-20-21-17(25-14)26-13(16(22)23)8-9-6-7-12(24-9)10-4-3-5-11(18)15(10)19/h3-8H,2H2,1H3,(H,22,23)/b13-8+. The summed E-state index contributed by atoms with van der Waals surface area (Å²) in [6.45, 7) is 1.86. The number of aromatic nitrogens is 2. The smallest absolute Gasteiger partial charge is 0.342 e. The molecule has 0 spiro atoms. The molecule has 1 aromatic carbocycles. The molecular formula is C17H12Cl2N2O4S. The Bertz CT molecular complexity index is 981. The van der Waals surface area contributed by atoms with Crippen molar-refractivity contribution in [1.82, 2.24) is 10.2 Å². The van der Waals surface area contributed by atoms with Gasteiger partial charge >= 0.3 is 5.97 Å². The van der Waals surface area contributed by atoms with Crippen molar-refractivity contribution in [3.05, 3.63) is 56.9 Å². The van der Waals surface area contributed by atoms with Crippen molar-refractivity contribution in [3.8, 4) is 11.3 Å². The molecule has 0 radical (unpaired) electrons. The van der Waals surface area contributed by atoms with Crippen LogP contribution < -0.4 is 0 Å². The number of furan rings is 1. The van der Waals surface area contributed by atoms with Crippen LogP contribution in [0.2, 0.25) is 10.0 Å². The van der Waals surface area contributed by atoms with E-state index < -0.39 is 5.97 Å². The number of carbonyl (C=O) groups is 1. The fourth-order valence-electron chi connectivity index (χ4n) is 2.05. The van der Waals surface area contributed by atoms with E-state index in [1.54, 1.807) is 30.3 Å². The second-order valence-electron chi connectivity index (χ2n) is 5.03. The molecule has 134 valence electrons. The maximum Gasteiger partial charge on any atom is 0.342 e. The SMILES string of the molecule is CCc1nnc(S/C(=C/c2ccc(-c3cccc(Cl)c3Cl)o2)C(=O)O)o1. The van der Waals surface area contributed by atoms with Crippen molar-refractivity contribution in [1.29, 1.82) is 0 Å². The fraction of sp³-hybridized carbons (Fsp3) is 0.118. The molecule has 0 saturated carbocycles. The van der Waals surface area contributed by atoms with Crippen molar-refractivity contribution >= 4 is 47.0 Å². The van der Waals surface area contributed by atoms with Gasteiger partial charge in [-0.05, 0) is 36.0 Å². The highest BCUT2D eigenvalue weighted by Gasteiger charge is 2.16. The normalized spacial score (nSPS) is 11.7. The number of hydrogen-bond donors (Lipinski definition) is 1. The quantitative estimate of drug-likeness (QED) is 0.428. The van der Waals surface area contributed by atoms with Crippen LogP contribution in [-0.4, -0.2) is 21.3 Å². The van der Waals surface area contributed by atoms with Crippen LogP contribution in [0.25, 0.3) is 17.4 Å². The molecule has 0 fully saturated rings. The second-order valence-corrected chi connectivity index (χ2v) is 6.81. The van der Waals surface area contributed by atoms with Crippen molar-refractivity contribution in [2.24, 2.45) is 0 Å². The third kappa shape index (κ3) is 4.12. The van der Waals surface area contributed by atoms with E-state index in [2.05, 4.69) is 10.2 Å². The molecule has 0 aliphatic carbocycles. The first-order valence-corrected chi connectivity index (χ1v) is 9.04. The van der Waals surface area contributed by atoms with Gasteiger partial charge in [-0.2, -0.15) is 0 Å². The lowest BCUT2D eigenvalue weighted by molar-refractivity contribution is -0.131. The number of thioether (sulfide) groups is 1. The molecule has 0 aliphatic heterocycles. The predicted molar refractivity (Wildman–Crippen MR) is 99.3 cm³/mol. The summed E-state index contributed by atoms with van der Waals surface area (Å²) in [6, 6.07) is 8.52. The largest absolute Gasteiger partial charge is 0.477 e. The number of aliphatic carboxylic acids is 1. The van der Waals surface area contributed by atoms with Gasteiger partial charge in [0.2, 0.25) is 5.89 Å². The highest BCUT2D eigenvalue weighted by atomic mass is 35.5. The lowest BCUT2D eigenvalue weighted by Gasteiger charge is -2.02. The Hall–Kier alpha value is -2.22. The molecule has 9 heteroatoms. The van der Waals surface area contributed by atoms with Crippen molar-refractivity contribution in [3.63, 3.8) is 0 Å². The molecule has 0 bridgehead atoms. The summed E-state index contributed by atoms with van der Waals surface area (Å²) in [5.41, 5.74) is 0.618. The van der Waals surface area contributed by atoms with E-state index in [-0.39, 0.29) is 10.1 Å². The molecule has 26 heavy (non-hydrogen) atoms. The lowest BCUT2D eigenvalue weighted by Crippen LogP contribution is -1.96. The zero-order chi connectivity index (χ0) is 18.7. The van der Waals surface area contributed by atoms with E-state index in [9.17, 15) is 9.90 Å². The van der Waals surface area contributed by atoms with Crippen LogP contribution in [0.15, 0.2) is 49.3 Å². The van der Waals surface area contributed by atoms with Crippen LogP contribution in [0.5, 0.6) is 0 Å². The monoisotopic (exact) mass is 410 g/mol. The number of nitrogens with zero attached hydrogens (tertiary/aromatic N) is 2. The minimum absolute atomic E-state index is 0.0191. The summed E-state index contributed by atoms with van der Waals surface area (Å²) in [7, 11) is 0. The number of carboxylic acids is 1. The molecule has 2 aromatic heterocycles. The number of aryl methyl sites for hydroxylation is 1. The fourth-order valence-corrected chi connectivity index (χ4v) is 3.11. The molecule has 3 aromatic rings. The van der Waals surface area contributed by atoms with Crippen LogP contribution in [0.1, 0.15) is 18.6 Å². The topological polar surface area (TPSA) is 89.4 Å². The number of benzene rings is 1. The van der Waals surface area contributed by atoms with Gasteiger partial charge < -0.3 is 13.9 Å². The number of carboxylic acid groups (broad SMARTS) is 1. The summed E-state index contributed by atoms with van der Waals surface area (Å²) in [4.78, 5) is 11.5. The predicted octanol–water partition coefficient (Wildman–Crippen LogP) is 5.42. The van der Waals surface area contributed by atoms with Gasteiger partial charge in [0.25, 0.3) is 5.22 Å². The molecular weight excluding hydrogens is 399 g/mol. The van der Waals surface area contributed by atoms with Crippen LogP contribution in [0, 0.1) is 0 Å². The average molecular weight is 411 g/mol. The van der Waals surface area contributed by atoms with E-state index in [0.717, 1.165) is 11.8 Å². The molecule has 3 rings (SSSR count). The first-order valence-electron chi connectivity index (χ1n) is 7.47. The molecule has 0 unspecified atom stereocenters. The Labute approximate surface area is 162 Å². The Morgan fingerprint density at radius 3 is 2.73 bits per heavy atom. The van der Waals surface area contributed by atoms with Gasteiger partial charge in [0.05, 0.1) is 10.0 Å². The van der Waals surface area contributed by atoms with E-state index in [0.29, 0.717) is 39.4 Å². The van der Waals surface area contributed by atoms with Gasteiger partial charge in [0, 0.05) is 18.1 Å². The Balaban J connectivity index is 1.88. The molecule has 0 saturated heterocycles. The molecule has 2 heterocycles. The van der Waals surface area contributed by atoms with E-state index >= 15 is 0 Å². The summed E-state index contributed by atoms with van der Waals surface area (Å²) < 4.78 is 11.0. The Kier molecular flexibility index (Phi) is 5.70. The highest BCUT2D eigenvalue weighted by Crippen LogP contribution is 2.35. The van der Waals surface area contributed by atoms with Gasteiger partial charge in [-0.1, -0.05) is 36.2 Å². The minimum Gasteiger partial charge on any atom is -0.477 e. The Morgan fingerprint density at radius 1 is 1.23 bits per heavy atom. The third-order valence-corrected chi connectivity index (χ3v) is 4.95. The third-order valence-electron chi connectivity index (χ3n) is 3.28. The van der Waals surface area contributed by atoms with Crippen LogP contribution in [0.3, 0.4) is 0 Å². The summed E-state index contributed by atoms with van der Waals surface area (Å²) >= 11 is 13.0. The zero-order valence-corrected chi connectivity index (χ0v) is 15.7. The summed E-state index contributed by atoms with van der Waals surface area (Å²) in [5, 5.41) is 17.9. The van der Waals surface area contributed by atoms with Crippen LogP contribution >= 0.6 is 35.0 Å².